The first-order valence-electron chi connectivity index (χ1n) is 14.6. The number of carbonyl (C=O) groups excluding carboxylic acids is 1. The second-order valence-corrected chi connectivity index (χ2v) is 10.9. The summed E-state index contributed by atoms with van der Waals surface area (Å²) in [5.41, 5.74) is 2.48. The van der Waals surface area contributed by atoms with Crippen molar-refractivity contribution in [3.8, 4) is 0 Å². The van der Waals surface area contributed by atoms with Gasteiger partial charge >= 0.3 is 0 Å². The minimum Gasteiger partial charge on any atom is -0.356 e. The molecule has 0 saturated heterocycles. The van der Waals surface area contributed by atoms with E-state index in [2.05, 4.69) is 50.4 Å². The Labute approximate surface area is 217 Å². The summed E-state index contributed by atoms with van der Waals surface area (Å²) in [6, 6.07) is 8.43. The second kappa shape index (κ2) is 20.2. The Hall–Kier alpha value is -1.02. The Morgan fingerprint density at radius 3 is 1.71 bits per heavy atom. The Balaban J connectivity index is 2.01. The van der Waals surface area contributed by atoms with Gasteiger partial charge in [0, 0.05) is 13.0 Å². The van der Waals surface area contributed by atoms with E-state index in [9.17, 15) is 4.79 Å². The summed E-state index contributed by atoms with van der Waals surface area (Å²) in [5.74, 6) is 0.190. The number of rotatable bonds is 22. The van der Waals surface area contributed by atoms with Gasteiger partial charge in [0.25, 0.3) is 0 Å². The van der Waals surface area contributed by atoms with E-state index < -0.39 is 0 Å². The van der Waals surface area contributed by atoms with Gasteiger partial charge in [0.05, 0.1) is 4.87 Å². The standard InChI is InChI=1S/C31H54ClNO/c1-4-7-8-9-10-11-12-13-14-15-16-17-18-19-20-25-30(34)33-27-26-28-23-21-22-24-29(28)31(32,5-2)6-3/h21-24H,4-20,25-27H2,1-3H3,(H,33,34). The van der Waals surface area contributed by atoms with Gasteiger partial charge in [0.15, 0.2) is 0 Å². The fourth-order valence-electron chi connectivity index (χ4n) is 4.89. The van der Waals surface area contributed by atoms with Crippen LogP contribution in [-0.4, -0.2) is 12.5 Å². The Kier molecular flexibility index (Phi) is 18.4. The number of hydrogen-bond donors (Lipinski definition) is 1. The molecule has 1 rings (SSSR count). The third-order valence-corrected chi connectivity index (χ3v) is 8.08. The first kappa shape index (κ1) is 31.0. The molecule has 0 heterocycles. The zero-order chi connectivity index (χ0) is 24.9. The monoisotopic (exact) mass is 491 g/mol. The Morgan fingerprint density at radius 1 is 0.735 bits per heavy atom. The molecule has 0 bridgehead atoms. The molecule has 196 valence electrons. The third-order valence-electron chi connectivity index (χ3n) is 7.34. The van der Waals surface area contributed by atoms with E-state index in [4.69, 9.17) is 11.6 Å². The van der Waals surface area contributed by atoms with Gasteiger partial charge in [-0.2, -0.15) is 0 Å². The second-order valence-electron chi connectivity index (χ2n) is 10.1. The molecule has 0 aromatic heterocycles. The van der Waals surface area contributed by atoms with Gasteiger partial charge in [-0.3, -0.25) is 4.79 Å². The Morgan fingerprint density at radius 2 is 1.21 bits per heavy atom. The number of benzene rings is 1. The van der Waals surface area contributed by atoms with E-state index in [1.54, 1.807) is 0 Å². The molecule has 2 nitrogen and oxygen atoms in total. The smallest absolute Gasteiger partial charge is 0.220 e. The zero-order valence-corrected chi connectivity index (χ0v) is 23.5. The normalized spacial score (nSPS) is 11.6. The molecule has 0 aliphatic heterocycles. The van der Waals surface area contributed by atoms with E-state index in [0.29, 0.717) is 13.0 Å². The van der Waals surface area contributed by atoms with Crippen LogP contribution in [0.2, 0.25) is 0 Å². The number of halogens is 1. The summed E-state index contributed by atoms with van der Waals surface area (Å²) < 4.78 is 0. The van der Waals surface area contributed by atoms with E-state index >= 15 is 0 Å². The van der Waals surface area contributed by atoms with Gasteiger partial charge < -0.3 is 5.32 Å². The number of carbonyl (C=O) groups is 1. The van der Waals surface area contributed by atoms with Crippen LogP contribution in [-0.2, 0) is 16.1 Å². The van der Waals surface area contributed by atoms with Crippen LogP contribution in [0.3, 0.4) is 0 Å². The maximum absolute atomic E-state index is 12.2. The number of hydrogen-bond acceptors (Lipinski definition) is 1. The molecule has 0 unspecified atom stereocenters. The van der Waals surface area contributed by atoms with E-state index in [-0.39, 0.29) is 10.8 Å². The molecule has 34 heavy (non-hydrogen) atoms. The molecule has 0 radical (unpaired) electrons. The fraction of sp³-hybridized carbons (Fsp3) is 0.774. The van der Waals surface area contributed by atoms with Crippen LogP contribution in [0.15, 0.2) is 24.3 Å². The summed E-state index contributed by atoms with van der Waals surface area (Å²) in [6.45, 7) is 7.26. The largest absolute Gasteiger partial charge is 0.356 e. The van der Waals surface area contributed by atoms with Gasteiger partial charge in [0.2, 0.25) is 5.91 Å². The van der Waals surface area contributed by atoms with E-state index in [1.807, 2.05) is 0 Å². The molecule has 1 N–H and O–H groups in total. The Bertz CT molecular complexity index is 626. The molecular weight excluding hydrogens is 438 g/mol. The summed E-state index contributed by atoms with van der Waals surface area (Å²) in [6.07, 6.45) is 23.6. The molecule has 0 fully saturated rings. The minimum atomic E-state index is -0.297. The molecule has 0 saturated carbocycles. The number of nitrogens with one attached hydrogen (secondary N) is 1. The molecule has 0 spiro atoms. The fourth-order valence-corrected chi connectivity index (χ4v) is 5.07. The quantitative estimate of drug-likeness (QED) is 0.127. The first-order valence-corrected chi connectivity index (χ1v) is 15.0. The lowest BCUT2D eigenvalue weighted by atomic mass is 9.88. The summed E-state index contributed by atoms with van der Waals surface area (Å²) in [7, 11) is 0. The maximum atomic E-state index is 12.2. The third kappa shape index (κ3) is 13.8. The van der Waals surface area contributed by atoms with Crippen LogP contribution in [0.4, 0.5) is 0 Å². The molecule has 0 aliphatic carbocycles. The van der Waals surface area contributed by atoms with Crippen molar-refractivity contribution >= 4 is 17.5 Å². The van der Waals surface area contributed by atoms with Gasteiger partial charge in [0.1, 0.15) is 0 Å². The van der Waals surface area contributed by atoms with E-state index in [0.717, 1.165) is 25.7 Å². The van der Waals surface area contributed by atoms with Crippen LogP contribution < -0.4 is 5.32 Å². The van der Waals surface area contributed by atoms with Crippen molar-refractivity contribution in [1.82, 2.24) is 5.32 Å². The highest BCUT2D eigenvalue weighted by atomic mass is 35.5. The van der Waals surface area contributed by atoms with Crippen molar-refractivity contribution in [2.24, 2.45) is 0 Å². The van der Waals surface area contributed by atoms with Crippen LogP contribution in [0.1, 0.15) is 147 Å². The first-order chi connectivity index (χ1) is 16.6. The average molecular weight is 492 g/mol. The van der Waals surface area contributed by atoms with Gasteiger partial charge in [-0.1, -0.05) is 135 Å². The molecule has 1 amide bonds. The molecule has 3 heteroatoms. The molecule has 0 aliphatic rings. The summed E-state index contributed by atoms with van der Waals surface area (Å²) in [4.78, 5) is 11.9. The van der Waals surface area contributed by atoms with Crippen molar-refractivity contribution in [1.29, 1.82) is 0 Å². The zero-order valence-electron chi connectivity index (χ0n) is 22.7. The molecular formula is C31H54ClNO. The van der Waals surface area contributed by atoms with Crippen molar-refractivity contribution in [2.45, 2.75) is 148 Å². The van der Waals surface area contributed by atoms with Gasteiger partial charge in [-0.15, -0.1) is 11.6 Å². The highest BCUT2D eigenvalue weighted by Crippen LogP contribution is 2.38. The molecule has 0 atom stereocenters. The lowest BCUT2D eigenvalue weighted by Gasteiger charge is -2.27. The predicted molar refractivity (Wildman–Crippen MR) is 151 cm³/mol. The van der Waals surface area contributed by atoms with Crippen LogP contribution >= 0.6 is 11.6 Å². The summed E-state index contributed by atoms with van der Waals surface area (Å²) in [5, 5.41) is 3.11. The highest BCUT2D eigenvalue weighted by Gasteiger charge is 2.27. The summed E-state index contributed by atoms with van der Waals surface area (Å²) >= 11 is 6.87. The average Bonchev–Trinajstić information content (AvgIpc) is 2.86. The van der Waals surface area contributed by atoms with Crippen LogP contribution in [0, 0.1) is 0 Å². The van der Waals surface area contributed by atoms with E-state index in [1.165, 1.54) is 101 Å². The van der Waals surface area contributed by atoms with Crippen molar-refractivity contribution < 1.29 is 4.79 Å². The van der Waals surface area contributed by atoms with Crippen LogP contribution in [0.25, 0.3) is 0 Å². The van der Waals surface area contributed by atoms with Gasteiger partial charge in [-0.25, -0.2) is 0 Å². The van der Waals surface area contributed by atoms with Crippen LogP contribution in [0.5, 0.6) is 0 Å². The number of unbranched alkanes of at least 4 members (excludes halogenated alkanes) is 14. The maximum Gasteiger partial charge on any atom is 0.220 e. The lowest BCUT2D eigenvalue weighted by molar-refractivity contribution is -0.121. The van der Waals surface area contributed by atoms with Crippen molar-refractivity contribution in [2.75, 3.05) is 6.54 Å². The number of amides is 1. The molecule has 1 aromatic rings. The van der Waals surface area contributed by atoms with Gasteiger partial charge in [-0.05, 0) is 36.8 Å². The topological polar surface area (TPSA) is 29.1 Å². The molecule has 1 aromatic carbocycles. The van der Waals surface area contributed by atoms with Crippen molar-refractivity contribution in [3.05, 3.63) is 35.4 Å². The highest BCUT2D eigenvalue weighted by molar-refractivity contribution is 6.24. The predicted octanol–water partition coefficient (Wildman–Crippen LogP) is 9.86. The SMILES string of the molecule is CCCCCCCCCCCCCCCCCC(=O)NCCc1ccccc1C(Cl)(CC)CC. The van der Waals surface area contributed by atoms with Crippen molar-refractivity contribution in [3.63, 3.8) is 0 Å². The lowest BCUT2D eigenvalue weighted by Crippen LogP contribution is -2.26. The minimum absolute atomic E-state index is 0.190. The number of alkyl halides is 1.